The Kier molecular flexibility index (Phi) is 7.09. The van der Waals surface area contributed by atoms with Crippen molar-refractivity contribution in [2.24, 2.45) is 0 Å². The standard InChI is InChI=1S/C17H16Cl2FIN2O3/c1-17(2,25)8-26-23-16(24)10-6-11(18)13(20)7-15(10)22-14-4-3-9(21)5-12(14)19/h3-7,22,25H,8H2,1-2H3,(H,23,24). The molecule has 1 amide bonds. The normalized spacial score (nSPS) is 11.3. The van der Waals surface area contributed by atoms with Crippen molar-refractivity contribution in [2.75, 3.05) is 11.9 Å². The molecule has 0 aliphatic carbocycles. The number of hydroxylamine groups is 1. The lowest BCUT2D eigenvalue weighted by atomic mass is 10.1. The molecule has 0 aliphatic rings. The van der Waals surface area contributed by atoms with Gasteiger partial charge in [-0.25, -0.2) is 9.87 Å². The van der Waals surface area contributed by atoms with Gasteiger partial charge in [-0.05, 0) is 66.8 Å². The van der Waals surface area contributed by atoms with Crippen LogP contribution in [0.2, 0.25) is 10.0 Å². The predicted octanol–water partition coefficient (Wildman–Crippen LogP) is 4.91. The number of anilines is 2. The second-order valence-corrected chi connectivity index (χ2v) is 8.15. The summed E-state index contributed by atoms with van der Waals surface area (Å²) >= 11 is 14.1. The number of nitrogens with one attached hydrogen (secondary N) is 2. The number of carbonyl (C=O) groups is 1. The quantitative estimate of drug-likeness (QED) is 0.380. The molecule has 0 bridgehead atoms. The molecule has 0 atom stereocenters. The Balaban J connectivity index is 2.28. The number of aliphatic hydroxyl groups is 1. The van der Waals surface area contributed by atoms with E-state index in [4.69, 9.17) is 28.0 Å². The van der Waals surface area contributed by atoms with Gasteiger partial charge in [-0.1, -0.05) is 23.2 Å². The molecule has 26 heavy (non-hydrogen) atoms. The van der Waals surface area contributed by atoms with E-state index in [0.717, 1.165) is 9.64 Å². The Morgan fingerprint density at radius 2 is 1.92 bits per heavy atom. The van der Waals surface area contributed by atoms with Crippen LogP contribution in [0.4, 0.5) is 15.8 Å². The number of carbonyl (C=O) groups excluding carboxylic acids is 1. The first-order valence-electron chi connectivity index (χ1n) is 7.42. The van der Waals surface area contributed by atoms with Gasteiger partial charge in [0.1, 0.15) is 12.4 Å². The van der Waals surface area contributed by atoms with Gasteiger partial charge in [0.25, 0.3) is 5.91 Å². The van der Waals surface area contributed by atoms with E-state index in [1.54, 1.807) is 12.1 Å². The van der Waals surface area contributed by atoms with Crippen molar-refractivity contribution >= 4 is 63.1 Å². The highest BCUT2D eigenvalue weighted by atomic mass is 127. The molecular formula is C17H16Cl2FIN2O3. The maximum Gasteiger partial charge on any atom is 0.277 e. The maximum atomic E-state index is 13.9. The van der Waals surface area contributed by atoms with Crippen LogP contribution >= 0.6 is 45.8 Å². The average molecular weight is 513 g/mol. The summed E-state index contributed by atoms with van der Waals surface area (Å²) in [6, 6.07) is 7.53. The number of hydrogen-bond donors (Lipinski definition) is 3. The summed E-state index contributed by atoms with van der Waals surface area (Å²) in [5.74, 6) is -1.34. The molecule has 0 saturated carbocycles. The van der Waals surface area contributed by atoms with E-state index in [0.29, 0.717) is 10.7 Å². The minimum absolute atomic E-state index is 0.0572. The molecule has 9 heteroatoms. The number of benzene rings is 2. The van der Waals surface area contributed by atoms with Crippen LogP contribution in [-0.2, 0) is 4.84 Å². The van der Waals surface area contributed by atoms with Gasteiger partial charge in [0, 0.05) is 3.57 Å². The summed E-state index contributed by atoms with van der Waals surface area (Å²) in [4.78, 5) is 17.4. The molecule has 0 fully saturated rings. The zero-order valence-corrected chi connectivity index (χ0v) is 17.5. The van der Waals surface area contributed by atoms with E-state index in [-0.39, 0.29) is 22.9 Å². The average Bonchev–Trinajstić information content (AvgIpc) is 2.51. The number of rotatable bonds is 6. The lowest BCUT2D eigenvalue weighted by Crippen LogP contribution is -2.33. The predicted molar refractivity (Wildman–Crippen MR) is 109 cm³/mol. The summed E-state index contributed by atoms with van der Waals surface area (Å²) in [5, 5.41) is 12.7. The van der Waals surface area contributed by atoms with E-state index in [2.05, 4.69) is 33.4 Å². The van der Waals surface area contributed by atoms with Crippen molar-refractivity contribution < 1.29 is 19.1 Å². The highest BCUT2D eigenvalue weighted by molar-refractivity contribution is 14.1. The molecule has 3 N–H and O–H groups in total. The van der Waals surface area contributed by atoms with Gasteiger partial charge in [-0.3, -0.25) is 9.63 Å². The van der Waals surface area contributed by atoms with Crippen molar-refractivity contribution in [1.29, 1.82) is 0 Å². The maximum absolute atomic E-state index is 13.9. The Hall–Kier alpha value is -1.13. The number of halogens is 4. The third-order valence-corrected chi connectivity index (χ3v) is 4.37. The van der Waals surface area contributed by atoms with E-state index >= 15 is 0 Å². The van der Waals surface area contributed by atoms with Crippen molar-refractivity contribution in [3.8, 4) is 0 Å². The zero-order chi connectivity index (χ0) is 19.5. The zero-order valence-electron chi connectivity index (χ0n) is 13.9. The van der Waals surface area contributed by atoms with Crippen LogP contribution in [0, 0.1) is 9.39 Å². The molecular weight excluding hydrogens is 497 g/mol. The fraction of sp³-hybridized carbons (Fsp3) is 0.235. The minimum Gasteiger partial charge on any atom is -0.388 e. The smallest absolute Gasteiger partial charge is 0.277 e. The van der Waals surface area contributed by atoms with Gasteiger partial charge in [0.2, 0.25) is 0 Å². The molecule has 0 aliphatic heterocycles. The molecule has 0 radical (unpaired) electrons. The highest BCUT2D eigenvalue weighted by Gasteiger charge is 2.18. The van der Waals surface area contributed by atoms with Crippen molar-refractivity contribution in [3.63, 3.8) is 0 Å². The van der Waals surface area contributed by atoms with E-state index in [1.807, 2.05) is 6.07 Å². The summed E-state index contributed by atoms with van der Waals surface area (Å²) < 4.78 is 14.8. The van der Waals surface area contributed by atoms with E-state index in [1.165, 1.54) is 19.9 Å². The first-order valence-corrected chi connectivity index (χ1v) is 9.26. The van der Waals surface area contributed by atoms with Crippen LogP contribution in [0.15, 0.2) is 30.3 Å². The second kappa shape index (κ2) is 8.71. The van der Waals surface area contributed by atoms with Crippen LogP contribution in [0.3, 0.4) is 0 Å². The van der Waals surface area contributed by atoms with Crippen LogP contribution in [0.5, 0.6) is 0 Å². The van der Waals surface area contributed by atoms with Crippen LogP contribution in [-0.4, -0.2) is 23.2 Å². The molecule has 2 aromatic carbocycles. The number of amides is 1. The summed E-state index contributed by atoms with van der Waals surface area (Å²) in [5.41, 5.74) is 1.80. The van der Waals surface area contributed by atoms with Crippen molar-refractivity contribution in [2.45, 2.75) is 19.4 Å². The molecule has 5 nitrogen and oxygen atoms in total. The molecule has 0 heterocycles. The van der Waals surface area contributed by atoms with Gasteiger partial charge in [-0.15, -0.1) is 0 Å². The van der Waals surface area contributed by atoms with Crippen LogP contribution in [0.1, 0.15) is 24.2 Å². The SMILES string of the molecule is CC(C)(O)CONC(=O)c1cc(Cl)c(F)cc1Nc1ccc(I)cc1Cl. The van der Waals surface area contributed by atoms with Gasteiger partial charge in [0.15, 0.2) is 0 Å². The Morgan fingerprint density at radius 3 is 2.54 bits per heavy atom. The first-order chi connectivity index (χ1) is 12.1. The summed E-state index contributed by atoms with van der Waals surface area (Å²) in [6.07, 6.45) is 0. The van der Waals surface area contributed by atoms with E-state index < -0.39 is 17.3 Å². The molecule has 140 valence electrons. The fourth-order valence-corrected chi connectivity index (χ4v) is 2.97. The molecule has 0 saturated heterocycles. The topological polar surface area (TPSA) is 70.6 Å². The van der Waals surface area contributed by atoms with Gasteiger partial charge < -0.3 is 10.4 Å². The molecule has 0 spiro atoms. The fourth-order valence-electron chi connectivity index (χ4n) is 1.91. The largest absolute Gasteiger partial charge is 0.388 e. The van der Waals surface area contributed by atoms with Crippen molar-refractivity contribution in [1.82, 2.24) is 5.48 Å². The van der Waals surface area contributed by atoms with Gasteiger partial charge in [-0.2, -0.15) is 0 Å². The molecule has 0 unspecified atom stereocenters. The summed E-state index contributed by atoms with van der Waals surface area (Å²) in [7, 11) is 0. The Labute approximate surface area is 173 Å². The molecule has 0 aromatic heterocycles. The summed E-state index contributed by atoms with van der Waals surface area (Å²) in [6.45, 7) is 2.93. The van der Waals surface area contributed by atoms with Crippen LogP contribution < -0.4 is 10.8 Å². The Morgan fingerprint density at radius 1 is 1.23 bits per heavy atom. The first kappa shape index (κ1) is 21.2. The minimum atomic E-state index is -1.12. The van der Waals surface area contributed by atoms with Gasteiger partial charge >= 0.3 is 0 Å². The third kappa shape index (κ3) is 5.95. The van der Waals surface area contributed by atoms with Gasteiger partial charge in [0.05, 0.1) is 32.6 Å². The lowest BCUT2D eigenvalue weighted by Gasteiger charge is -2.18. The Bertz CT molecular complexity index is 828. The van der Waals surface area contributed by atoms with Crippen molar-refractivity contribution in [3.05, 3.63) is 55.3 Å². The lowest BCUT2D eigenvalue weighted by molar-refractivity contribution is -0.0522. The highest BCUT2D eigenvalue weighted by Crippen LogP contribution is 2.31. The molecule has 2 aromatic rings. The third-order valence-electron chi connectivity index (χ3n) is 3.10. The van der Waals surface area contributed by atoms with E-state index in [9.17, 15) is 14.3 Å². The molecule has 2 rings (SSSR count). The van der Waals surface area contributed by atoms with Crippen LogP contribution in [0.25, 0.3) is 0 Å². The number of hydrogen-bond acceptors (Lipinski definition) is 4. The monoisotopic (exact) mass is 512 g/mol. The second-order valence-electron chi connectivity index (χ2n) is 6.09.